The molecule has 0 aliphatic carbocycles. The molecule has 174 valence electrons. The molecule has 0 aliphatic rings. The Hall–Kier alpha value is -3.91. The SMILES string of the molecule is Cc1ccc(S(=O)(=O)N(CC(=O)NCc2ccc(-n3ccnc3)cc2)c2ccccc2C)cc1. The van der Waals surface area contributed by atoms with Gasteiger partial charge in [-0.2, -0.15) is 0 Å². The predicted octanol–water partition coefficient (Wildman–Crippen LogP) is 4.00. The van der Waals surface area contributed by atoms with Crippen LogP contribution < -0.4 is 9.62 Å². The molecule has 34 heavy (non-hydrogen) atoms. The summed E-state index contributed by atoms with van der Waals surface area (Å²) in [5.74, 6) is -0.391. The van der Waals surface area contributed by atoms with E-state index < -0.39 is 15.9 Å². The highest BCUT2D eigenvalue weighted by molar-refractivity contribution is 7.92. The van der Waals surface area contributed by atoms with Crippen LogP contribution in [-0.4, -0.2) is 30.4 Å². The van der Waals surface area contributed by atoms with E-state index >= 15 is 0 Å². The summed E-state index contributed by atoms with van der Waals surface area (Å²) in [7, 11) is -3.94. The van der Waals surface area contributed by atoms with E-state index in [1.807, 2.05) is 61.0 Å². The van der Waals surface area contributed by atoms with Crippen molar-refractivity contribution >= 4 is 21.6 Å². The van der Waals surface area contributed by atoms with Crippen LogP contribution in [0, 0.1) is 13.8 Å². The molecule has 0 radical (unpaired) electrons. The molecule has 0 bridgehead atoms. The summed E-state index contributed by atoms with van der Waals surface area (Å²) < 4.78 is 30.0. The average Bonchev–Trinajstić information content (AvgIpc) is 3.37. The number of para-hydroxylation sites is 1. The minimum atomic E-state index is -3.94. The molecule has 7 nitrogen and oxygen atoms in total. The van der Waals surface area contributed by atoms with E-state index in [-0.39, 0.29) is 18.0 Å². The molecular weight excluding hydrogens is 448 g/mol. The molecule has 1 amide bonds. The first-order valence-electron chi connectivity index (χ1n) is 10.8. The minimum absolute atomic E-state index is 0.143. The lowest BCUT2D eigenvalue weighted by molar-refractivity contribution is -0.119. The van der Waals surface area contributed by atoms with Gasteiger partial charge in [0, 0.05) is 24.6 Å². The first-order valence-corrected chi connectivity index (χ1v) is 12.3. The smallest absolute Gasteiger partial charge is 0.264 e. The van der Waals surface area contributed by atoms with E-state index in [0.29, 0.717) is 5.69 Å². The maximum atomic E-state index is 13.5. The zero-order valence-corrected chi connectivity index (χ0v) is 19.9. The molecule has 0 atom stereocenters. The van der Waals surface area contributed by atoms with Gasteiger partial charge in [-0.25, -0.2) is 13.4 Å². The number of nitrogens with zero attached hydrogens (tertiary/aromatic N) is 3. The van der Waals surface area contributed by atoms with Gasteiger partial charge in [-0.05, 0) is 55.3 Å². The van der Waals surface area contributed by atoms with Crippen molar-refractivity contribution in [2.75, 3.05) is 10.8 Å². The predicted molar refractivity (Wildman–Crippen MR) is 132 cm³/mol. The maximum Gasteiger partial charge on any atom is 0.264 e. The molecule has 4 aromatic rings. The van der Waals surface area contributed by atoms with Crippen LogP contribution in [0.15, 0.2) is 96.4 Å². The number of amides is 1. The van der Waals surface area contributed by atoms with Crippen molar-refractivity contribution in [2.45, 2.75) is 25.3 Å². The second-order valence-corrected chi connectivity index (χ2v) is 9.89. The van der Waals surface area contributed by atoms with Crippen LogP contribution in [0.5, 0.6) is 0 Å². The third kappa shape index (κ3) is 5.18. The summed E-state index contributed by atoms with van der Waals surface area (Å²) >= 11 is 0. The van der Waals surface area contributed by atoms with Crippen LogP contribution >= 0.6 is 0 Å². The number of anilines is 1. The standard InChI is InChI=1S/C26H26N4O3S/c1-20-7-13-24(14-8-20)34(32,33)30(25-6-4-3-5-21(25)2)18-26(31)28-17-22-9-11-23(12-10-22)29-16-15-27-19-29/h3-16,19H,17-18H2,1-2H3,(H,28,31). The number of carbonyl (C=O) groups is 1. The lowest BCUT2D eigenvalue weighted by Crippen LogP contribution is -2.41. The van der Waals surface area contributed by atoms with E-state index in [1.54, 1.807) is 48.9 Å². The number of hydrogen-bond acceptors (Lipinski definition) is 4. The van der Waals surface area contributed by atoms with Gasteiger partial charge < -0.3 is 9.88 Å². The van der Waals surface area contributed by atoms with Crippen LogP contribution in [0.3, 0.4) is 0 Å². The average molecular weight is 475 g/mol. The Morgan fingerprint density at radius 2 is 1.68 bits per heavy atom. The van der Waals surface area contributed by atoms with Gasteiger partial charge in [-0.15, -0.1) is 0 Å². The third-order valence-electron chi connectivity index (χ3n) is 5.51. The first kappa shape index (κ1) is 23.3. The number of hydrogen-bond donors (Lipinski definition) is 1. The topological polar surface area (TPSA) is 84.3 Å². The van der Waals surface area contributed by atoms with Crippen molar-refractivity contribution < 1.29 is 13.2 Å². The highest BCUT2D eigenvalue weighted by atomic mass is 32.2. The van der Waals surface area contributed by atoms with E-state index in [1.165, 1.54) is 4.31 Å². The molecule has 1 N–H and O–H groups in total. The Morgan fingerprint density at radius 1 is 0.971 bits per heavy atom. The van der Waals surface area contributed by atoms with Crippen molar-refractivity contribution in [3.63, 3.8) is 0 Å². The Bertz CT molecular complexity index is 1360. The largest absolute Gasteiger partial charge is 0.350 e. The molecule has 4 rings (SSSR count). The molecule has 0 saturated heterocycles. The van der Waals surface area contributed by atoms with E-state index in [4.69, 9.17) is 0 Å². The summed E-state index contributed by atoms with van der Waals surface area (Å²) in [6.45, 7) is 3.68. The van der Waals surface area contributed by atoms with Crippen LogP contribution in [0.25, 0.3) is 5.69 Å². The Kier molecular flexibility index (Phi) is 6.79. The molecule has 8 heteroatoms. The second kappa shape index (κ2) is 9.93. The zero-order chi connectivity index (χ0) is 24.1. The van der Waals surface area contributed by atoms with Crippen LogP contribution in [0.2, 0.25) is 0 Å². The number of benzene rings is 3. The Morgan fingerprint density at radius 3 is 2.32 bits per heavy atom. The molecule has 1 heterocycles. The second-order valence-electron chi connectivity index (χ2n) is 8.02. The molecule has 0 spiro atoms. The fourth-order valence-electron chi connectivity index (χ4n) is 3.57. The summed E-state index contributed by atoms with van der Waals surface area (Å²) in [5.41, 5.74) is 4.06. The summed E-state index contributed by atoms with van der Waals surface area (Å²) in [5, 5.41) is 2.84. The molecule has 0 aliphatic heterocycles. The highest BCUT2D eigenvalue weighted by Gasteiger charge is 2.28. The monoisotopic (exact) mass is 474 g/mol. The van der Waals surface area contributed by atoms with Gasteiger partial charge in [0.15, 0.2) is 0 Å². The summed E-state index contributed by atoms with van der Waals surface area (Å²) in [4.78, 5) is 17.0. The van der Waals surface area contributed by atoms with Gasteiger partial charge in [0.2, 0.25) is 5.91 Å². The normalized spacial score (nSPS) is 11.2. The molecule has 3 aromatic carbocycles. The number of imidazole rings is 1. The van der Waals surface area contributed by atoms with Crippen molar-refractivity contribution in [1.29, 1.82) is 0 Å². The number of aromatic nitrogens is 2. The lowest BCUT2D eigenvalue weighted by atomic mass is 10.2. The van der Waals surface area contributed by atoms with Crippen molar-refractivity contribution in [1.82, 2.24) is 14.9 Å². The number of nitrogens with one attached hydrogen (secondary N) is 1. The van der Waals surface area contributed by atoms with E-state index in [9.17, 15) is 13.2 Å². The van der Waals surface area contributed by atoms with Crippen molar-refractivity contribution in [3.05, 3.63) is 108 Å². The Labute approximate surface area is 199 Å². The van der Waals surface area contributed by atoms with Gasteiger partial charge >= 0.3 is 0 Å². The zero-order valence-electron chi connectivity index (χ0n) is 19.0. The quantitative estimate of drug-likeness (QED) is 0.418. The summed E-state index contributed by atoms with van der Waals surface area (Å²) in [6, 6.07) is 21.5. The fraction of sp³-hybridized carbons (Fsp3) is 0.154. The number of carbonyl (C=O) groups excluding carboxylic acids is 1. The van der Waals surface area contributed by atoms with Gasteiger partial charge in [0.05, 0.1) is 16.9 Å². The highest BCUT2D eigenvalue weighted by Crippen LogP contribution is 2.26. The number of sulfonamides is 1. The Balaban J connectivity index is 1.51. The maximum absolute atomic E-state index is 13.5. The molecule has 1 aromatic heterocycles. The van der Waals surface area contributed by atoms with Gasteiger partial charge in [0.1, 0.15) is 6.54 Å². The van der Waals surface area contributed by atoms with Gasteiger partial charge in [-0.3, -0.25) is 9.10 Å². The summed E-state index contributed by atoms with van der Waals surface area (Å²) in [6.07, 6.45) is 5.27. The molecule has 0 unspecified atom stereocenters. The first-order chi connectivity index (χ1) is 16.3. The van der Waals surface area contributed by atoms with Crippen molar-refractivity contribution in [2.24, 2.45) is 0 Å². The van der Waals surface area contributed by atoms with Gasteiger partial charge in [0.25, 0.3) is 10.0 Å². The van der Waals surface area contributed by atoms with Crippen LogP contribution in [-0.2, 0) is 21.4 Å². The van der Waals surface area contributed by atoms with E-state index in [0.717, 1.165) is 22.4 Å². The number of aryl methyl sites for hydroxylation is 2. The number of rotatable bonds is 8. The molecule has 0 fully saturated rings. The van der Waals surface area contributed by atoms with Crippen LogP contribution in [0.1, 0.15) is 16.7 Å². The lowest BCUT2D eigenvalue weighted by Gasteiger charge is -2.25. The molecule has 0 saturated carbocycles. The minimum Gasteiger partial charge on any atom is -0.350 e. The van der Waals surface area contributed by atoms with Gasteiger partial charge in [-0.1, -0.05) is 48.0 Å². The third-order valence-corrected chi connectivity index (χ3v) is 7.28. The van der Waals surface area contributed by atoms with E-state index in [2.05, 4.69) is 10.3 Å². The van der Waals surface area contributed by atoms with Crippen molar-refractivity contribution in [3.8, 4) is 5.69 Å². The van der Waals surface area contributed by atoms with Crippen LogP contribution in [0.4, 0.5) is 5.69 Å². The fourth-order valence-corrected chi connectivity index (χ4v) is 5.05. The molecular formula is C26H26N4O3S.